The van der Waals surface area contributed by atoms with Crippen molar-refractivity contribution in [3.05, 3.63) is 29.3 Å². The standard InChI is InChI=1S/C14H21ClN2O5S2/c1-3-17(23(2,19)20)10-4-9-16-14(18)11-24(21,22)13-7-5-12(15)6-8-13/h5-8H,3-4,9-11H2,1-2H3,(H,16,18). The molecule has 0 unspecified atom stereocenters. The summed E-state index contributed by atoms with van der Waals surface area (Å²) in [5.74, 6) is -1.30. The first-order valence-corrected chi connectivity index (χ1v) is 11.1. The molecular weight excluding hydrogens is 376 g/mol. The molecule has 0 radical (unpaired) electrons. The Balaban J connectivity index is 2.48. The normalized spacial score (nSPS) is 12.3. The van der Waals surface area contributed by atoms with E-state index in [4.69, 9.17) is 11.6 Å². The Morgan fingerprint density at radius 1 is 1.17 bits per heavy atom. The number of amides is 1. The molecule has 10 heteroatoms. The Labute approximate surface area is 148 Å². The minimum atomic E-state index is -3.73. The highest BCUT2D eigenvalue weighted by molar-refractivity contribution is 7.92. The van der Waals surface area contributed by atoms with Crippen LogP contribution in [0, 0.1) is 0 Å². The molecule has 0 spiro atoms. The number of benzene rings is 1. The van der Waals surface area contributed by atoms with Crippen molar-refractivity contribution in [1.29, 1.82) is 0 Å². The molecule has 24 heavy (non-hydrogen) atoms. The lowest BCUT2D eigenvalue weighted by Crippen LogP contribution is -2.35. The van der Waals surface area contributed by atoms with Gasteiger partial charge < -0.3 is 5.32 Å². The fourth-order valence-corrected chi connectivity index (χ4v) is 4.21. The number of sulfone groups is 1. The van der Waals surface area contributed by atoms with E-state index in [-0.39, 0.29) is 18.0 Å². The van der Waals surface area contributed by atoms with E-state index in [1.165, 1.54) is 28.6 Å². The number of nitrogens with one attached hydrogen (secondary N) is 1. The lowest BCUT2D eigenvalue weighted by Gasteiger charge is -2.17. The van der Waals surface area contributed by atoms with Gasteiger partial charge >= 0.3 is 0 Å². The summed E-state index contributed by atoms with van der Waals surface area (Å²) in [6, 6.07) is 5.57. The average molecular weight is 397 g/mol. The first kappa shape index (κ1) is 20.9. The van der Waals surface area contributed by atoms with Gasteiger partial charge in [0, 0.05) is 24.7 Å². The third-order valence-corrected chi connectivity index (χ3v) is 6.49. The van der Waals surface area contributed by atoms with Crippen LogP contribution in [0.3, 0.4) is 0 Å². The van der Waals surface area contributed by atoms with Crippen LogP contribution in [-0.2, 0) is 24.7 Å². The maximum absolute atomic E-state index is 12.1. The van der Waals surface area contributed by atoms with Crippen LogP contribution in [0.2, 0.25) is 5.02 Å². The van der Waals surface area contributed by atoms with Crippen molar-refractivity contribution in [3.8, 4) is 0 Å². The van der Waals surface area contributed by atoms with Gasteiger partial charge in [-0.3, -0.25) is 4.79 Å². The van der Waals surface area contributed by atoms with Crippen molar-refractivity contribution >= 4 is 37.4 Å². The third kappa shape index (κ3) is 6.76. The van der Waals surface area contributed by atoms with Gasteiger partial charge in [0.1, 0.15) is 5.75 Å². The molecule has 1 amide bonds. The van der Waals surface area contributed by atoms with Crippen molar-refractivity contribution < 1.29 is 21.6 Å². The summed E-state index contributed by atoms with van der Waals surface area (Å²) in [5.41, 5.74) is 0. The van der Waals surface area contributed by atoms with E-state index in [0.29, 0.717) is 18.0 Å². The van der Waals surface area contributed by atoms with Gasteiger partial charge in [-0.1, -0.05) is 18.5 Å². The molecule has 0 aliphatic carbocycles. The predicted molar refractivity (Wildman–Crippen MR) is 93.2 cm³/mol. The summed E-state index contributed by atoms with van der Waals surface area (Å²) in [6.07, 6.45) is 1.52. The zero-order valence-corrected chi connectivity index (χ0v) is 15.9. The van der Waals surface area contributed by atoms with Crippen LogP contribution >= 0.6 is 11.6 Å². The molecular formula is C14H21ClN2O5S2. The molecule has 7 nitrogen and oxygen atoms in total. The van der Waals surface area contributed by atoms with Crippen LogP contribution < -0.4 is 5.32 Å². The van der Waals surface area contributed by atoms with Crippen LogP contribution in [0.5, 0.6) is 0 Å². The van der Waals surface area contributed by atoms with Crippen molar-refractivity contribution in [2.45, 2.75) is 18.2 Å². The quantitative estimate of drug-likeness (QED) is 0.625. The summed E-state index contributed by atoms with van der Waals surface area (Å²) in [6.45, 7) is 2.52. The van der Waals surface area contributed by atoms with Crippen molar-refractivity contribution in [3.63, 3.8) is 0 Å². The highest BCUT2D eigenvalue weighted by Gasteiger charge is 2.19. The molecule has 0 heterocycles. The molecule has 1 rings (SSSR count). The van der Waals surface area contributed by atoms with Crippen LogP contribution in [-0.4, -0.2) is 58.7 Å². The van der Waals surface area contributed by atoms with Gasteiger partial charge in [-0.2, -0.15) is 0 Å². The van der Waals surface area contributed by atoms with Crippen molar-refractivity contribution in [2.75, 3.05) is 31.6 Å². The van der Waals surface area contributed by atoms with E-state index in [1.807, 2.05) is 0 Å². The summed E-state index contributed by atoms with van der Waals surface area (Å²) in [4.78, 5) is 11.8. The van der Waals surface area contributed by atoms with Crippen LogP contribution in [0.25, 0.3) is 0 Å². The minimum Gasteiger partial charge on any atom is -0.355 e. The van der Waals surface area contributed by atoms with Gasteiger partial charge in [-0.15, -0.1) is 0 Å². The van der Waals surface area contributed by atoms with E-state index < -0.39 is 31.5 Å². The van der Waals surface area contributed by atoms with Crippen LogP contribution in [0.1, 0.15) is 13.3 Å². The molecule has 1 N–H and O–H groups in total. The monoisotopic (exact) mass is 396 g/mol. The number of hydrogen-bond donors (Lipinski definition) is 1. The predicted octanol–water partition coefficient (Wildman–Crippen LogP) is 0.902. The van der Waals surface area contributed by atoms with E-state index in [2.05, 4.69) is 5.32 Å². The molecule has 0 aromatic heterocycles. The average Bonchev–Trinajstić information content (AvgIpc) is 2.45. The number of carbonyl (C=O) groups is 1. The molecule has 136 valence electrons. The van der Waals surface area contributed by atoms with Gasteiger partial charge in [-0.25, -0.2) is 21.1 Å². The van der Waals surface area contributed by atoms with Crippen LogP contribution in [0.4, 0.5) is 0 Å². The Morgan fingerprint density at radius 3 is 2.25 bits per heavy atom. The SMILES string of the molecule is CCN(CCCNC(=O)CS(=O)(=O)c1ccc(Cl)cc1)S(C)(=O)=O. The fourth-order valence-electron chi connectivity index (χ4n) is 1.99. The Bertz CT molecular complexity index is 761. The van der Waals surface area contributed by atoms with E-state index in [9.17, 15) is 21.6 Å². The minimum absolute atomic E-state index is 0.0243. The first-order valence-electron chi connectivity index (χ1n) is 7.26. The number of nitrogens with zero attached hydrogens (tertiary/aromatic N) is 1. The summed E-state index contributed by atoms with van der Waals surface area (Å²) in [7, 11) is -7.00. The van der Waals surface area contributed by atoms with Gasteiger partial charge in [0.2, 0.25) is 15.9 Å². The van der Waals surface area contributed by atoms with E-state index >= 15 is 0 Å². The molecule has 0 saturated carbocycles. The highest BCUT2D eigenvalue weighted by atomic mass is 35.5. The highest BCUT2D eigenvalue weighted by Crippen LogP contribution is 2.15. The van der Waals surface area contributed by atoms with Gasteiger partial charge in [0.05, 0.1) is 11.2 Å². The number of carbonyl (C=O) groups excluding carboxylic acids is 1. The molecule has 0 atom stereocenters. The second-order valence-electron chi connectivity index (χ2n) is 5.17. The lowest BCUT2D eigenvalue weighted by molar-refractivity contribution is -0.118. The van der Waals surface area contributed by atoms with Gasteiger partial charge in [0.15, 0.2) is 9.84 Å². The summed E-state index contributed by atoms with van der Waals surface area (Å²) in [5, 5.41) is 2.89. The number of halogens is 1. The molecule has 1 aromatic rings. The van der Waals surface area contributed by atoms with Crippen molar-refractivity contribution in [1.82, 2.24) is 9.62 Å². The molecule has 0 bridgehead atoms. The zero-order chi connectivity index (χ0) is 18.4. The lowest BCUT2D eigenvalue weighted by atomic mass is 10.4. The van der Waals surface area contributed by atoms with Gasteiger partial charge in [0.25, 0.3) is 0 Å². The Morgan fingerprint density at radius 2 is 1.75 bits per heavy atom. The fraction of sp³-hybridized carbons (Fsp3) is 0.500. The zero-order valence-electron chi connectivity index (χ0n) is 13.5. The number of sulfonamides is 1. The smallest absolute Gasteiger partial charge is 0.235 e. The summed E-state index contributed by atoms with van der Waals surface area (Å²) >= 11 is 5.70. The maximum atomic E-state index is 12.1. The first-order chi connectivity index (χ1) is 11.1. The molecule has 0 fully saturated rings. The van der Waals surface area contributed by atoms with Crippen molar-refractivity contribution in [2.24, 2.45) is 0 Å². The largest absolute Gasteiger partial charge is 0.355 e. The van der Waals surface area contributed by atoms with Crippen LogP contribution in [0.15, 0.2) is 29.2 Å². The Hall–Kier alpha value is -1.16. The number of rotatable bonds is 9. The third-order valence-electron chi connectivity index (χ3n) is 3.22. The van der Waals surface area contributed by atoms with Gasteiger partial charge in [-0.05, 0) is 30.7 Å². The second kappa shape index (κ2) is 8.80. The molecule has 0 aliphatic heterocycles. The van der Waals surface area contributed by atoms with E-state index in [1.54, 1.807) is 6.92 Å². The molecule has 0 saturated heterocycles. The molecule has 0 aliphatic rings. The molecule has 1 aromatic carbocycles. The Kier molecular flexibility index (Phi) is 7.65. The maximum Gasteiger partial charge on any atom is 0.235 e. The number of hydrogen-bond acceptors (Lipinski definition) is 5. The van der Waals surface area contributed by atoms with E-state index in [0.717, 1.165) is 6.26 Å². The topological polar surface area (TPSA) is 101 Å². The second-order valence-corrected chi connectivity index (χ2v) is 9.58. The summed E-state index contributed by atoms with van der Waals surface area (Å²) < 4.78 is 48.3.